The van der Waals surface area contributed by atoms with E-state index >= 15 is 0 Å². The van der Waals surface area contributed by atoms with Crippen molar-refractivity contribution < 1.29 is 14.3 Å². The van der Waals surface area contributed by atoms with Gasteiger partial charge in [-0.25, -0.2) is 9.78 Å². The second-order valence-corrected chi connectivity index (χ2v) is 6.54. The van der Waals surface area contributed by atoms with Gasteiger partial charge in [0.1, 0.15) is 5.76 Å². The van der Waals surface area contributed by atoms with Gasteiger partial charge < -0.3 is 9.52 Å². The molecular formula is C15H17NO3S. The third kappa shape index (κ3) is 3.63. The fourth-order valence-corrected chi connectivity index (χ4v) is 2.40. The van der Waals surface area contributed by atoms with E-state index in [1.165, 1.54) is 11.8 Å². The molecule has 0 bridgehead atoms. The minimum absolute atomic E-state index is 0.0564. The van der Waals surface area contributed by atoms with Crippen LogP contribution in [0.15, 0.2) is 39.8 Å². The van der Waals surface area contributed by atoms with Crippen LogP contribution in [0.4, 0.5) is 0 Å². The van der Waals surface area contributed by atoms with Crippen LogP contribution >= 0.6 is 11.8 Å². The fourth-order valence-electron chi connectivity index (χ4n) is 1.59. The Morgan fingerprint density at radius 1 is 1.40 bits per heavy atom. The molecule has 0 unspecified atom stereocenters. The summed E-state index contributed by atoms with van der Waals surface area (Å²) in [5, 5.41) is 8.95. The van der Waals surface area contributed by atoms with Gasteiger partial charge in [-0.2, -0.15) is 0 Å². The molecule has 1 aromatic heterocycles. The first kappa shape index (κ1) is 14.7. The second kappa shape index (κ2) is 5.71. The number of hydrogen-bond donors (Lipinski definition) is 1. The summed E-state index contributed by atoms with van der Waals surface area (Å²) in [5.74, 6) is 1.17. The lowest BCUT2D eigenvalue weighted by atomic mass is 9.94. The number of aromatic carboxylic acids is 1. The molecule has 0 amide bonds. The Balaban J connectivity index is 2.04. The van der Waals surface area contributed by atoms with Crippen LogP contribution in [0.25, 0.3) is 0 Å². The normalized spacial score (nSPS) is 11.6. The number of rotatable bonds is 4. The van der Waals surface area contributed by atoms with Gasteiger partial charge in [-0.15, -0.1) is 11.8 Å². The average molecular weight is 291 g/mol. The topological polar surface area (TPSA) is 63.3 Å². The third-order valence-electron chi connectivity index (χ3n) is 2.74. The maximum Gasteiger partial charge on any atom is 0.335 e. The van der Waals surface area contributed by atoms with Crippen LogP contribution in [-0.4, -0.2) is 16.1 Å². The SMILES string of the molecule is CC(C)(C)c1cnc(CSc2cccc(C(=O)O)c2)o1. The van der Waals surface area contributed by atoms with Crippen LogP contribution in [-0.2, 0) is 11.2 Å². The molecule has 0 fully saturated rings. The van der Waals surface area contributed by atoms with Gasteiger partial charge in [0.25, 0.3) is 0 Å². The van der Waals surface area contributed by atoms with Crippen LogP contribution in [0.5, 0.6) is 0 Å². The number of carboxylic acid groups (broad SMARTS) is 1. The number of nitrogens with zero attached hydrogens (tertiary/aromatic N) is 1. The first-order valence-corrected chi connectivity index (χ1v) is 7.26. The van der Waals surface area contributed by atoms with E-state index in [0.29, 0.717) is 11.6 Å². The predicted octanol–water partition coefficient (Wildman–Crippen LogP) is 3.96. The van der Waals surface area contributed by atoms with Gasteiger partial charge in [0.05, 0.1) is 17.5 Å². The Kier molecular flexibility index (Phi) is 4.18. The molecule has 0 atom stereocenters. The maximum absolute atomic E-state index is 10.9. The lowest BCUT2D eigenvalue weighted by Crippen LogP contribution is -2.09. The zero-order valence-corrected chi connectivity index (χ0v) is 12.5. The molecule has 20 heavy (non-hydrogen) atoms. The molecule has 0 radical (unpaired) electrons. The number of carbonyl (C=O) groups is 1. The number of oxazole rings is 1. The molecule has 0 spiro atoms. The number of thioether (sulfide) groups is 1. The Bertz CT molecular complexity index is 614. The van der Waals surface area contributed by atoms with E-state index in [1.54, 1.807) is 24.4 Å². The fraction of sp³-hybridized carbons (Fsp3) is 0.333. The van der Waals surface area contributed by atoms with Gasteiger partial charge >= 0.3 is 5.97 Å². The summed E-state index contributed by atoms with van der Waals surface area (Å²) in [5.41, 5.74) is 0.233. The summed E-state index contributed by atoms with van der Waals surface area (Å²) in [6.07, 6.45) is 1.75. The molecule has 5 heteroatoms. The molecule has 0 saturated carbocycles. The smallest absolute Gasteiger partial charge is 0.335 e. The van der Waals surface area contributed by atoms with Gasteiger partial charge in [-0.3, -0.25) is 0 Å². The van der Waals surface area contributed by atoms with Gasteiger partial charge in [0, 0.05) is 10.3 Å². The first-order chi connectivity index (χ1) is 9.36. The van der Waals surface area contributed by atoms with Crippen molar-refractivity contribution in [2.45, 2.75) is 36.8 Å². The molecule has 1 N–H and O–H groups in total. The zero-order valence-electron chi connectivity index (χ0n) is 11.7. The molecule has 2 rings (SSSR count). The highest BCUT2D eigenvalue weighted by molar-refractivity contribution is 7.98. The zero-order chi connectivity index (χ0) is 14.8. The van der Waals surface area contributed by atoms with E-state index in [0.717, 1.165) is 10.7 Å². The maximum atomic E-state index is 10.9. The standard InChI is InChI=1S/C15H17NO3S/c1-15(2,3)12-8-16-13(19-12)9-20-11-6-4-5-10(7-11)14(17)18/h4-8H,9H2,1-3H3,(H,17,18). The highest BCUT2D eigenvalue weighted by Gasteiger charge is 2.19. The van der Waals surface area contributed by atoms with E-state index in [1.807, 2.05) is 6.07 Å². The molecule has 4 nitrogen and oxygen atoms in total. The third-order valence-corrected chi connectivity index (χ3v) is 3.71. The molecule has 106 valence electrons. The van der Waals surface area contributed by atoms with Crippen molar-refractivity contribution in [3.63, 3.8) is 0 Å². The van der Waals surface area contributed by atoms with Crippen LogP contribution in [0.2, 0.25) is 0 Å². The highest BCUT2D eigenvalue weighted by atomic mass is 32.2. The van der Waals surface area contributed by atoms with Crippen molar-refractivity contribution in [2.24, 2.45) is 0 Å². The van der Waals surface area contributed by atoms with E-state index in [9.17, 15) is 4.79 Å². The van der Waals surface area contributed by atoms with E-state index in [4.69, 9.17) is 9.52 Å². The van der Waals surface area contributed by atoms with Crippen molar-refractivity contribution in [3.8, 4) is 0 Å². The number of aromatic nitrogens is 1. The van der Waals surface area contributed by atoms with Gasteiger partial charge in [0.2, 0.25) is 5.89 Å². The van der Waals surface area contributed by atoms with Crippen molar-refractivity contribution in [3.05, 3.63) is 47.7 Å². The number of benzene rings is 1. The molecule has 0 aliphatic rings. The quantitative estimate of drug-likeness (QED) is 0.864. The molecule has 1 heterocycles. The summed E-state index contributed by atoms with van der Waals surface area (Å²) in [6, 6.07) is 6.85. The lowest BCUT2D eigenvalue weighted by Gasteiger charge is -2.13. The van der Waals surface area contributed by atoms with Gasteiger partial charge in [-0.05, 0) is 18.2 Å². The molecule has 0 saturated heterocycles. The molecule has 2 aromatic rings. The van der Waals surface area contributed by atoms with Crippen molar-refractivity contribution >= 4 is 17.7 Å². The summed E-state index contributed by atoms with van der Waals surface area (Å²) >= 11 is 1.51. The van der Waals surface area contributed by atoms with E-state index < -0.39 is 5.97 Å². The molecule has 0 aliphatic carbocycles. The Morgan fingerprint density at radius 2 is 2.15 bits per heavy atom. The number of hydrogen-bond acceptors (Lipinski definition) is 4. The first-order valence-electron chi connectivity index (χ1n) is 6.27. The van der Waals surface area contributed by atoms with Gasteiger partial charge in [-0.1, -0.05) is 26.8 Å². The Morgan fingerprint density at radius 3 is 2.75 bits per heavy atom. The number of carboxylic acids is 1. The Hall–Kier alpha value is -1.75. The summed E-state index contributed by atoms with van der Waals surface area (Å²) < 4.78 is 5.70. The lowest BCUT2D eigenvalue weighted by molar-refractivity contribution is 0.0696. The molecular weight excluding hydrogens is 274 g/mol. The van der Waals surface area contributed by atoms with E-state index in [-0.39, 0.29) is 11.0 Å². The monoisotopic (exact) mass is 291 g/mol. The predicted molar refractivity (Wildman–Crippen MR) is 78.2 cm³/mol. The van der Waals surface area contributed by atoms with Gasteiger partial charge in [0.15, 0.2) is 0 Å². The summed E-state index contributed by atoms with van der Waals surface area (Å²) in [6.45, 7) is 6.21. The van der Waals surface area contributed by atoms with Crippen LogP contribution in [0, 0.1) is 0 Å². The van der Waals surface area contributed by atoms with Crippen molar-refractivity contribution in [2.75, 3.05) is 0 Å². The summed E-state index contributed by atoms with van der Waals surface area (Å²) in [4.78, 5) is 16.0. The second-order valence-electron chi connectivity index (χ2n) is 5.49. The Labute approximate surface area is 122 Å². The van der Waals surface area contributed by atoms with Crippen LogP contribution in [0.1, 0.15) is 42.8 Å². The largest absolute Gasteiger partial charge is 0.478 e. The average Bonchev–Trinajstić information content (AvgIpc) is 2.85. The van der Waals surface area contributed by atoms with Crippen LogP contribution < -0.4 is 0 Å². The minimum atomic E-state index is -0.918. The highest BCUT2D eigenvalue weighted by Crippen LogP contribution is 2.27. The molecule has 0 aliphatic heterocycles. The molecule has 1 aromatic carbocycles. The summed E-state index contributed by atoms with van der Waals surface area (Å²) in [7, 11) is 0. The minimum Gasteiger partial charge on any atom is -0.478 e. The van der Waals surface area contributed by atoms with Crippen molar-refractivity contribution in [1.29, 1.82) is 0 Å². The van der Waals surface area contributed by atoms with E-state index in [2.05, 4.69) is 25.8 Å². The van der Waals surface area contributed by atoms with Crippen LogP contribution in [0.3, 0.4) is 0 Å². The van der Waals surface area contributed by atoms with Crippen molar-refractivity contribution in [1.82, 2.24) is 4.98 Å².